The Kier molecular flexibility index (Phi) is 55.5. The number of hydrogen-bond donors (Lipinski definition) is 0. The van der Waals surface area contributed by atoms with Crippen molar-refractivity contribution >= 4 is 0 Å². The monoisotopic (exact) mass is 342 g/mol. The summed E-state index contributed by atoms with van der Waals surface area (Å²) in [6.45, 7) is 0. The third-order valence-corrected chi connectivity index (χ3v) is 0. The third-order valence-electron chi connectivity index (χ3n) is 0. The summed E-state index contributed by atoms with van der Waals surface area (Å²) >= 11 is -4.27. The van der Waals surface area contributed by atoms with Crippen molar-refractivity contribution in [1.29, 1.82) is 0 Å². The first-order valence-electron chi connectivity index (χ1n) is 0.816. The first kappa shape index (κ1) is 16.1. The molecular formula is CeO4TiZr. The van der Waals surface area contributed by atoms with Gasteiger partial charge in [0, 0.05) is 41.7 Å². The minimum atomic E-state index is -2.27. The molecule has 4 nitrogen and oxygen atoms in total. The molecule has 0 amide bonds. The molecule has 0 N–H and O–H groups in total. The summed E-state index contributed by atoms with van der Waals surface area (Å²) in [4.78, 5) is 0. The fraction of sp³-hybridized carbons (Fsp3) is 0. The summed E-state index contributed by atoms with van der Waals surface area (Å²) in [5.41, 5.74) is 0. The Morgan fingerprint density at radius 1 is 1.14 bits per heavy atom. The fourth-order valence-corrected chi connectivity index (χ4v) is 0. The Labute approximate surface area is 94.2 Å². The summed E-state index contributed by atoms with van der Waals surface area (Å²) < 4.78 is 34.1. The molecule has 0 aromatic rings. The molecule has 0 radical (unpaired) electrons. The van der Waals surface area contributed by atoms with Crippen LogP contribution in [-0.4, -0.2) is 0 Å². The SMILES string of the molecule is [Ce].[O]=[Ti]=[O].[O]=[Zr]=[O]. The van der Waals surface area contributed by atoms with E-state index < -0.39 is 42.3 Å². The molecule has 0 saturated carbocycles. The van der Waals surface area contributed by atoms with Gasteiger partial charge >= 0.3 is 54.6 Å². The molecule has 0 saturated heterocycles. The summed E-state index contributed by atoms with van der Waals surface area (Å²) in [6.07, 6.45) is 0. The van der Waals surface area contributed by atoms with Crippen LogP contribution >= 0.6 is 0 Å². The molecular weight excluding hydrogens is 343 g/mol. The van der Waals surface area contributed by atoms with Gasteiger partial charge in [-0.05, 0) is 0 Å². The molecule has 7 heteroatoms. The van der Waals surface area contributed by atoms with Crippen LogP contribution in [0.1, 0.15) is 0 Å². The molecule has 0 aromatic carbocycles. The van der Waals surface area contributed by atoms with Gasteiger partial charge in [0.05, 0.1) is 0 Å². The predicted molar refractivity (Wildman–Crippen MR) is 2.75 cm³/mol. The molecule has 0 spiro atoms. The first-order chi connectivity index (χ1) is 2.83. The molecule has 36 valence electrons. The van der Waals surface area contributed by atoms with Crippen LogP contribution in [0.15, 0.2) is 0 Å². The molecule has 0 aliphatic rings. The summed E-state index contributed by atoms with van der Waals surface area (Å²) in [6, 6.07) is 0. The van der Waals surface area contributed by atoms with Gasteiger partial charge < -0.3 is 0 Å². The van der Waals surface area contributed by atoms with E-state index in [9.17, 15) is 0 Å². The normalized spacial score (nSPS) is 2.29. The summed E-state index contributed by atoms with van der Waals surface area (Å²) in [5.74, 6) is 0. The van der Waals surface area contributed by atoms with E-state index in [1.54, 1.807) is 0 Å². The van der Waals surface area contributed by atoms with Gasteiger partial charge in [-0.15, -0.1) is 0 Å². The average Bonchev–Trinajstić information content (AvgIpc) is 1.39. The van der Waals surface area contributed by atoms with E-state index in [0.29, 0.717) is 0 Å². The van der Waals surface area contributed by atoms with Gasteiger partial charge in [0.1, 0.15) is 0 Å². The van der Waals surface area contributed by atoms with Crippen LogP contribution in [0.2, 0.25) is 0 Å². The van der Waals surface area contributed by atoms with E-state index in [1.165, 1.54) is 0 Å². The molecule has 0 aliphatic carbocycles. The van der Waals surface area contributed by atoms with Crippen molar-refractivity contribution in [3.63, 3.8) is 0 Å². The second-order valence-electron chi connectivity index (χ2n) is 0.167. The fourth-order valence-electron chi connectivity index (χ4n) is 0. The van der Waals surface area contributed by atoms with E-state index in [4.69, 9.17) is 12.3 Å². The zero-order valence-electron chi connectivity index (χ0n) is 3.13. The van der Waals surface area contributed by atoms with E-state index in [1.807, 2.05) is 0 Å². The van der Waals surface area contributed by atoms with Gasteiger partial charge in [0.25, 0.3) is 0 Å². The van der Waals surface area contributed by atoms with Crippen molar-refractivity contribution in [3.8, 4) is 0 Å². The van der Waals surface area contributed by atoms with Crippen molar-refractivity contribution in [1.82, 2.24) is 0 Å². The molecule has 0 bridgehead atoms. The van der Waals surface area contributed by atoms with Crippen LogP contribution in [-0.2, 0) is 54.6 Å². The van der Waals surface area contributed by atoms with Gasteiger partial charge in [-0.25, -0.2) is 0 Å². The first-order valence-corrected chi connectivity index (χ1v) is 4.10. The maximum atomic E-state index is 8.54. The van der Waals surface area contributed by atoms with Gasteiger partial charge in [-0.3, -0.25) is 0 Å². The molecule has 0 unspecified atom stereocenters. The Morgan fingerprint density at radius 2 is 1.14 bits per heavy atom. The molecule has 7 heavy (non-hydrogen) atoms. The summed E-state index contributed by atoms with van der Waals surface area (Å²) in [5, 5.41) is 0. The third kappa shape index (κ3) is 65.9. The van der Waals surface area contributed by atoms with Gasteiger partial charge in [0.2, 0.25) is 0 Å². The van der Waals surface area contributed by atoms with Gasteiger partial charge in [-0.1, -0.05) is 0 Å². The van der Waals surface area contributed by atoms with E-state index >= 15 is 0 Å². The molecule has 0 atom stereocenters. The molecule has 0 heterocycles. The molecule has 0 aliphatic heterocycles. The van der Waals surface area contributed by atoms with Crippen LogP contribution in [0.4, 0.5) is 0 Å². The van der Waals surface area contributed by atoms with Crippen molar-refractivity contribution in [2.75, 3.05) is 0 Å². The number of hydrogen-bond acceptors (Lipinski definition) is 4. The average molecular weight is 343 g/mol. The Balaban J connectivity index is -0.0000000400. The van der Waals surface area contributed by atoms with Gasteiger partial charge in [-0.2, -0.15) is 0 Å². The summed E-state index contributed by atoms with van der Waals surface area (Å²) in [7, 11) is 0. The van der Waals surface area contributed by atoms with Crippen molar-refractivity contribution in [3.05, 3.63) is 0 Å². The van der Waals surface area contributed by atoms with Crippen molar-refractivity contribution in [2.45, 2.75) is 0 Å². The minimum absolute atomic E-state index is 0. The molecule has 0 rings (SSSR count). The van der Waals surface area contributed by atoms with Gasteiger partial charge in [0.15, 0.2) is 0 Å². The van der Waals surface area contributed by atoms with Crippen LogP contribution in [0.25, 0.3) is 0 Å². The van der Waals surface area contributed by atoms with Crippen molar-refractivity contribution < 1.29 is 96.4 Å². The molecule has 0 fully saturated rings. The zero-order chi connectivity index (χ0) is 5.41. The van der Waals surface area contributed by atoms with E-state index in [0.717, 1.165) is 0 Å². The van der Waals surface area contributed by atoms with Crippen LogP contribution in [0.3, 0.4) is 0 Å². The Bertz CT molecular complexity index is 65.7. The Hall–Kier alpha value is 2.17. The zero-order valence-corrected chi connectivity index (χ0v) is 10.3. The number of rotatable bonds is 0. The standard InChI is InChI=1S/Ce.4O.Ti.Zr. The van der Waals surface area contributed by atoms with E-state index in [-0.39, 0.29) is 41.7 Å². The van der Waals surface area contributed by atoms with Crippen molar-refractivity contribution in [2.24, 2.45) is 0 Å². The maximum absolute atomic E-state index is 8.54. The molecule has 0 aromatic heterocycles. The predicted octanol–water partition coefficient (Wildman–Crippen LogP) is -0.480. The van der Waals surface area contributed by atoms with Crippen LogP contribution in [0.5, 0.6) is 0 Å². The van der Waals surface area contributed by atoms with Crippen LogP contribution < -0.4 is 0 Å². The Morgan fingerprint density at radius 3 is 1.14 bits per heavy atom. The van der Waals surface area contributed by atoms with Crippen LogP contribution in [0, 0.1) is 41.7 Å². The quantitative estimate of drug-likeness (QED) is 0.557. The second-order valence-corrected chi connectivity index (χ2v) is 0.837. The second kappa shape index (κ2) is 24.1. The topological polar surface area (TPSA) is 68.3 Å². The van der Waals surface area contributed by atoms with E-state index in [2.05, 4.69) is 0 Å².